The van der Waals surface area contributed by atoms with E-state index in [4.69, 9.17) is 0 Å². The van der Waals surface area contributed by atoms with Crippen molar-refractivity contribution in [2.45, 2.75) is 13.5 Å². The van der Waals surface area contributed by atoms with Gasteiger partial charge in [-0.1, -0.05) is 6.07 Å². The third-order valence-corrected chi connectivity index (χ3v) is 2.85. The molecule has 0 saturated heterocycles. The highest BCUT2D eigenvalue weighted by Gasteiger charge is 2.12. The molecule has 0 saturated carbocycles. The van der Waals surface area contributed by atoms with Gasteiger partial charge >= 0.3 is 5.97 Å². The summed E-state index contributed by atoms with van der Waals surface area (Å²) in [5.41, 5.74) is 1.32. The summed E-state index contributed by atoms with van der Waals surface area (Å²) in [6.45, 7) is 1.67. The Hall–Kier alpha value is -2.70. The third-order valence-electron chi connectivity index (χ3n) is 2.85. The Bertz CT molecular complexity index is 682. The van der Waals surface area contributed by atoms with Crippen molar-refractivity contribution in [3.63, 3.8) is 0 Å². The van der Waals surface area contributed by atoms with E-state index < -0.39 is 17.7 Å². The van der Waals surface area contributed by atoms with Crippen molar-refractivity contribution in [1.82, 2.24) is 9.78 Å². The second-order valence-electron chi connectivity index (χ2n) is 4.42. The van der Waals surface area contributed by atoms with Gasteiger partial charge in [0.25, 0.3) is 5.91 Å². The number of nitrogens with one attached hydrogen (secondary N) is 1. The number of esters is 1. The fourth-order valence-electron chi connectivity index (χ4n) is 1.75. The number of carbonyl (C=O) groups is 2. The number of halogens is 1. The first-order valence-corrected chi connectivity index (χ1v) is 6.16. The molecule has 110 valence electrons. The van der Waals surface area contributed by atoms with Crippen molar-refractivity contribution in [3.05, 3.63) is 47.5 Å². The quantitative estimate of drug-likeness (QED) is 0.871. The molecule has 0 spiro atoms. The number of hydrogen-bond acceptors (Lipinski definition) is 4. The Morgan fingerprint density at radius 2 is 2.19 bits per heavy atom. The molecule has 21 heavy (non-hydrogen) atoms. The van der Waals surface area contributed by atoms with Crippen LogP contribution in [0.3, 0.4) is 0 Å². The van der Waals surface area contributed by atoms with E-state index in [0.717, 1.165) is 0 Å². The van der Waals surface area contributed by atoms with Crippen LogP contribution in [0.25, 0.3) is 0 Å². The van der Waals surface area contributed by atoms with Crippen molar-refractivity contribution in [2.24, 2.45) is 0 Å². The van der Waals surface area contributed by atoms with E-state index in [2.05, 4.69) is 15.2 Å². The van der Waals surface area contributed by atoms with Gasteiger partial charge in [0, 0.05) is 11.8 Å². The van der Waals surface area contributed by atoms with Crippen LogP contribution in [-0.4, -0.2) is 28.8 Å². The van der Waals surface area contributed by atoms with E-state index >= 15 is 0 Å². The SMILES string of the molecule is COC(=O)Cn1cc(NC(=O)c2cc(F)ccc2C)cn1. The third kappa shape index (κ3) is 3.65. The highest BCUT2D eigenvalue weighted by molar-refractivity contribution is 6.05. The van der Waals surface area contributed by atoms with E-state index in [1.807, 2.05) is 0 Å². The van der Waals surface area contributed by atoms with Crippen molar-refractivity contribution in [3.8, 4) is 0 Å². The van der Waals surface area contributed by atoms with Crippen LogP contribution in [0.1, 0.15) is 15.9 Å². The molecule has 0 aliphatic carbocycles. The number of amides is 1. The molecule has 0 aliphatic rings. The minimum Gasteiger partial charge on any atom is -0.468 e. The number of nitrogens with zero attached hydrogens (tertiary/aromatic N) is 2. The van der Waals surface area contributed by atoms with Gasteiger partial charge in [0.05, 0.1) is 19.0 Å². The van der Waals surface area contributed by atoms with Crippen molar-refractivity contribution in [1.29, 1.82) is 0 Å². The molecule has 6 nitrogen and oxygen atoms in total. The summed E-state index contributed by atoms with van der Waals surface area (Å²) in [6.07, 6.45) is 2.89. The minimum atomic E-state index is -0.480. The summed E-state index contributed by atoms with van der Waals surface area (Å²) in [5, 5.41) is 6.51. The lowest BCUT2D eigenvalue weighted by atomic mass is 10.1. The minimum absolute atomic E-state index is 0.0502. The van der Waals surface area contributed by atoms with Crippen molar-refractivity contribution >= 4 is 17.6 Å². The number of aromatic nitrogens is 2. The highest BCUT2D eigenvalue weighted by Crippen LogP contribution is 2.13. The molecule has 1 amide bonds. The summed E-state index contributed by atoms with van der Waals surface area (Å²) in [7, 11) is 1.28. The number of aryl methyl sites for hydroxylation is 1. The molecule has 1 aromatic carbocycles. The summed E-state index contributed by atoms with van der Waals surface area (Å²) in [6, 6.07) is 4.00. The first kappa shape index (κ1) is 14.7. The van der Waals surface area contributed by atoms with Gasteiger partial charge in [-0.05, 0) is 24.6 Å². The van der Waals surface area contributed by atoms with E-state index in [-0.39, 0.29) is 12.1 Å². The topological polar surface area (TPSA) is 73.2 Å². The predicted molar refractivity (Wildman–Crippen MR) is 73.3 cm³/mol. The average Bonchev–Trinajstić information content (AvgIpc) is 2.88. The zero-order chi connectivity index (χ0) is 15.4. The molecule has 1 heterocycles. The van der Waals surface area contributed by atoms with Gasteiger partial charge in [-0.3, -0.25) is 14.3 Å². The van der Waals surface area contributed by atoms with Crippen LogP contribution in [0, 0.1) is 12.7 Å². The van der Waals surface area contributed by atoms with Gasteiger partial charge in [-0.2, -0.15) is 5.10 Å². The maximum absolute atomic E-state index is 13.2. The summed E-state index contributed by atoms with van der Waals surface area (Å²) < 4.78 is 19.0. The van der Waals surface area contributed by atoms with Crippen molar-refractivity contribution < 1.29 is 18.7 Å². The number of methoxy groups -OCH3 is 1. The molecule has 0 unspecified atom stereocenters. The number of hydrogen-bond donors (Lipinski definition) is 1. The van der Waals surface area contributed by atoms with Gasteiger partial charge < -0.3 is 10.1 Å². The molecule has 2 aromatic rings. The molecule has 1 aromatic heterocycles. The second-order valence-corrected chi connectivity index (χ2v) is 4.42. The monoisotopic (exact) mass is 291 g/mol. The fourth-order valence-corrected chi connectivity index (χ4v) is 1.75. The normalized spacial score (nSPS) is 10.2. The molecule has 7 heteroatoms. The van der Waals surface area contributed by atoms with Gasteiger partial charge in [-0.15, -0.1) is 0 Å². The van der Waals surface area contributed by atoms with Gasteiger partial charge in [0.2, 0.25) is 0 Å². The first-order chi connectivity index (χ1) is 9.99. The smallest absolute Gasteiger partial charge is 0.327 e. The van der Waals surface area contributed by atoms with Gasteiger partial charge in [-0.25, -0.2) is 4.39 Å². The van der Waals surface area contributed by atoms with Crippen LogP contribution in [0.2, 0.25) is 0 Å². The fraction of sp³-hybridized carbons (Fsp3) is 0.214. The zero-order valence-corrected chi connectivity index (χ0v) is 11.6. The van der Waals surface area contributed by atoms with E-state index in [1.54, 1.807) is 6.92 Å². The molecule has 2 rings (SSSR count). The summed E-state index contributed by atoms with van der Waals surface area (Å²) in [5.74, 6) is -1.37. The Labute approximate surface area is 120 Å². The Balaban J connectivity index is 2.09. The average molecular weight is 291 g/mol. The number of ether oxygens (including phenoxy) is 1. The summed E-state index contributed by atoms with van der Waals surface area (Å²) >= 11 is 0. The number of rotatable bonds is 4. The van der Waals surface area contributed by atoms with E-state index in [1.165, 1.54) is 42.4 Å². The highest BCUT2D eigenvalue weighted by atomic mass is 19.1. The molecule has 1 N–H and O–H groups in total. The molecule has 0 atom stereocenters. The lowest BCUT2D eigenvalue weighted by molar-refractivity contribution is -0.141. The summed E-state index contributed by atoms with van der Waals surface area (Å²) in [4.78, 5) is 23.2. The largest absolute Gasteiger partial charge is 0.468 e. The lowest BCUT2D eigenvalue weighted by Gasteiger charge is -2.05. The van der Waals surface area contributed by atoms with Crippen LogP contribution in [0.15, 0.2) is 30.6 Å². The van der Waals surface area contributed by atoms with Gasteiger partial charge in [0.1, 0.15) is 12.4 Å². The number of carbonyl (C=O) groups excluding carboxylic acids is 2. The van der Waals surface area contributed by atoms with E-state index in [0.29, 0.717) is 11.3 Å². The van der Waals surface area contributed by atoms with Crippen molar-refractivity contribution in [2.75, 3.05) is 12.4 Å². The van der Waals surface area contributed by atoms with Crippen LogP contribution < -0.4 is 5.32 Å². The molecular weight excluding hydrogens is 277 g/mol. The lowest BCUT2D eigenvalue weighted by Crippen LogP contribution is -2.14. The molecule has 0 radical (unpaired) electrons. The maximum atomic E-state index is 13.2. The Morgan fingerprint density at radius 1 is 1.43 bits per heavy atom. The Kier molecular flexibility index (Phi) is 4.32. The molecular formula is C14H14FN3O3. The van der Waals surface area contributed by atoms with E-state index in [9.17, 15) is 14.0 Å². The van der Waals surface area contributed by atoms with Gasteiger partial charge in [0.15, 0.2) is 0 Å². The Morgan fingerprint density at radius 3 is 2.90 bits per heavy atom. The maximum Gasteiger partial charge on any atom is 0.327 e. The first-order valence-electron chi connectivity index (χ1n) is 6.16. The number of anilines is 1. The second kappa shape index (κ2) is 6.17. The zero-order valence-electron chi connectivity index (χ0n) is 11.6. The number of benzene rings is 1. The van der Waals surface area contributed by atoms with Crippen LogP contribution >= 0.6 is 0 Å². The molecule has 0 bridgehead atoms. The standard InChI is InChI=1S/C14H14FN3O3/c1-9-3-4-10(15)5-12(9)14(20)17-11-6-16-18(7-11)8-13(19)21-2/h3-7H,8H2,1-2H3,(H,17,20). The molecule has 0 aliphatic heterocycles. The van der Waals surface area contributed by atoms with Crippen LogP contribution in [0.4, 0.5) is 10.1 Å². The van der Waals surface area contributed by atoms with Crippen LogP contribution in [0.5, 0.6) is 0 Å². The van der Waals surface area contributed by atoms with Crippen LogP contribution in [-0.2, 0) is 16.1 Å². The predicted octanol–water partition coefficient (Wildman–Crippen LogP) is 1.76. The molecule has 0 fully saturated rings.